The van der Waals surface area contributed by atoms with Crippen LogP contribution in [-0.4, -0.2) is 48.6 Å². The van der Waals surface area contributed by atoms with Gasteiger partial charge in [0.25, 0.3) is 0 Å². The van der Waals surface area contributed by atoms with E-state index >= 15 is 0 Å². The van der Waals surface area contributed by atoms with E-state index in [-0.39, 0.29) is 18.1 Å². The molecular formula is C31H43N5O2. The third-order valence-corrected chi connectivity index (χ3v) is 8.33. The predicted octanol–water partition coefficient (Wildman–Crippen LogP) is 6.43. The largest absolute Gasteiger partial charge is 0.383 e. The van der Waals surface area contributed by atoms with Gasteiger partial charge in [0.1, 0.15) is 0 Å². The lowest BCUT2D eigenvalue weighted by Crippen LogP contribution is -2.45. The van der Waals surface area contributed by atoms with E-state index in [0.717, 1.165) is 59.6 Å². The summed E-state index contributed by atoms with van der Waals surface area (Å²) >= 11 is 0. The highest BCUT2D eigenvalue weighted by atomic mass is 16.5. The Balaban J connectivity index is 1.54. The minimum atomic E-state index is -0.0860. The number of amides is 2. The molecule has 2 heterocycles. The highest BCUT2D eigenvalue weighted by Gasteiger charge is 2.37. The van der Waals surface area contributed by atoms with Gasteiger partial charge in [-0.15, -0.1) is 0 Å². The quantitative estimate of drug-likeness (QED) is 0.443. The molecule has 1 unspecified atom stereocenters. The standard InChI is InChI=1S/C31H43N5O2/c1-21(2)28(32)20-33-24-10-12-25(13-11-24)35-29-19-22(3)9-14-27(29)30(23-7-5-4-6-8-23)34-36(31(35)37)26-15-17-38-18-16-26/h9-14,19,21,23,26,28,33H,4-8,15-18,20,32H2,1-3H3. The summed E-state index contributed by atoms with van der Waals surface area (Å²) in [4.78, 5) is 16.3. The zero-order chi connectivity index (χ0) is 26.6. The lowest BCUT2D eigenvalue weighted by atomic mass is 9.82. The second-order valence-electron chi connectivity index (χ2n) is 11.5. The molecule has 38 heavy (non-hydrogen) atoms. The molecule has 2 fully saturated rings. The van der Waals surface area contributed by atoms with Crippen molar-refractivity contribution in [1.29, 1.82) is 0 Å². The fraction of sp³-hybridized carbons (Fsp3) is 0.548. The first-order valence-electron chi connectivity index (χ1n) is 14.4. The Morgan fingerprint density at radius 2 is 1.74 bits per heavy atom. The summed E-state index contributed by atoms with van der Waals surface area (Å²) < 4.78 is 5.64. The summed E-state index contributed by atoms with van der Waals surface area (Å²) in [5, 5.41) is 10.4. The number of rotatable bonds is 7. The highest BCUT2D eigenvalue weighted by molar-refractivity contribution is 6.14. The van der Waals surface area contributed by atoms with E-state index in [1.54, 1.807) is 5.01 Å². The molecule has 0 bridgehead atoms. The molecule has 0 spiro atoms. The molecule has 2 amide bonds. The second-order valence-corrected chi connectivity index (χ2v) is 11.5. The van der Waals surface area contributed by atoms with Gasteiger partial charge in [0, 0.05) is 43.0 Å². The lowest BCUT2D eigenvalue weighted by Gasteiger charge is -2.33. The number of aryl methyl sites for hydroxylation is 1. The number of carbonyl (C=O) groups excluding carboxylic acids is 1. The monoisotopic (exact) mass is 517 g/mol. The third-order valence-electron chi connectivity index (χ3n) is 8.33. The van der Waals surface area contributed by atoms with Gasteiger partial charge < -0.3 is 15.8 Å². The summed E-state index contributed by atoms with van der Waals surface area (Å²) in [6, 6.07) is 14.6. The Morgan fingerprint density at radius 3 is 2.42 bits per heavy atom. The number of hydrazone groups is 1. The van der Waals surface area contributed by atoms with Gasteiger partial charge in [0.2, 0.25) is 0 Å². The molecule has 1 saturated carbocycles. The number of nitrogens with zero attached hydrogens (tertiary/aromatic N) is 3. The zero-order valence-electron chi connectivity index (χ0n) is 23.2. The molecule has 3 aliphatic rings. The van der Waals surface area contributed by atoms with Crippen molar-refractivity contribution in [1.82, 2.24) is 5.01 Å². The van der Waals surface area contributed by atoms with Crippen LogP contribution in [0.1, 0.15) is 69.9 Å². The van der Waals surface area contributed by atoms with Crippen LogP contribution in [-0.2, 0) is 4.74 Å². The minimum Gasteiger partial charge on any atom is -0.383 e. The van der Waals surface area contributed by atoms with Gasteiger partial charge in [-0.2, -0.15) is 5.10 Å². The number of fused-ring (bicyclic) bond motifs is 1. The number of urea groups is 1. The van der Waals surface area contributed by atoms with Gasteiger partial charge in [0.05, 0.1) is 23.1 Å². The molecule has 1 atom stereocenters. The number of anilines is 3. The highest BCUT2D eigenvalue weighted by Crippen LogP contribution is 2.39. The van der Waals surface area contributed by atoms with Crippen LogP contribution < -0.4 is 16.0 Å². The Kier molecular flexibility index (Phi) is 8.34. The van der Waals surface area contributed by atoms with Crippen LogP contribution in [0.3, 0.4) is 0 Å². The maximum atomic E-state index is 14.4. The molecule has 2 aromatic rings. The van der Waals surface area contributed by atoms with Crippen LogP contribution in [0.2, 0.25) is 0 Å². The number of carbonyl (C=O) groups is 1. The van der Waals surface area contributed by atoms with E-state index in [4.69, 9.17) is 15.6 Å². The van der Waals surface area contributed by atoms with Crippen molar-refractivity contribution in [3.05, 3.63) is 53.6 Å². The number of benzene rings is 2. The lowest BCUT2D eigenvalue weighted by molar-refractivity contribution is 0.0480. The predicted molar refractivity (Wildman–Crippen MR) is 155 cm³/mol. The Labute approximate surface area is 227 Å². The minimum absolute atomic E-state index is 0.0335. The third kappa shape index (κ3) is 5.74. The molecular weight excluding hydrogens is 474 g/mol. The van der Waals surface area contributed by atoms with E-state index in [9.17, 15) is 4.79 Å². The van der Waals surface area contributed by atoms with Gasteiger partial charge in [-0.25, -0.2) is 9.80 Å². The Morgan fingerprint density at radius 1 is 1.03 bits per heavy atom. The van der Waals surface area contributed by atoms with Gasteiger partial charge >= 0.3 is 6.03 Å². The maximum absolute atomic E-state index is 14.4. The second kappa shape index (κ2) is 11.9. The van der Waals surface area contributed by atoms with Crippen molar-refractivity contribution in [2.24, 2.45) is 22.7 Å². The normalized spacial score (nSPS) is 20.2. The Hall–Kier alpha value is -2.90. The molecule has 3 N–H and O–H groups in total. The molecule has 204 valence electrons. The number of hydrogen-bond acceptors (Lipinski definition) is 5. The fourth-order valence-corrected chi connectivity index (χ4v) is 5.76. The molecule has 0 radical (unpaired) electrons. The van der Waals surface area contributed by atoms with Crippen LogP contribution in [0, 0.1) is 18.8 Å². The van der Waals surface area contributed by atoms with Gasteiger partial charge in [-0.05, 0) is 74.4 Å². The number of ether oxygens (including phenoxy) is 1. The number of nitrogens with two attached hydrogens (primary N) is 1. The first kappa shape index (κ1) is 26.7. The van der Waals surface area contributed by atoms with Crippen molar-refractivity contribution in [2.45, 2.75) is 77.8 Å². The van der Waals surface area contributed by atoms with Crippen molar-refractivity contribution >= 4 is 28.8 Å². The van der Waals surface area contributed by atoms with Crippen LogP contribution >= 0.6 is 0 Å². The summed E-state index contributed by atoms with van der Waals surface area (Å²) in [6.45, 7) is 8.38. The molecule has 7 heteroatoms. The van der Waals surface area contributed by atoms with Crippen LogP contribution in [0.4, 0.5) is 21.9 Å². The average molecular weight is 518 g/mol. The summed E-state index contributed by atoms with van der Waals surface area (Å²) in [5.74, 6) is 0.780. The van der Waals surface area contributed by atoms with E-state index < -0.39 is 0 Å². The van der Waals surface area contributed by atoms with Crippen molar-refractivity contribution in [2.75, 3.05) is 30.0 Å². The van der Waals surface area contributed by atoms with Gasteiger partial charge in [0.15, 0.2) is 0 Å². The summed E-state index contributed by atoms with van der Waals surface area (Å²) in [7, 11) is 0. The molecule has 1 saturated heterocycles. The first-order valence-corrected chi connectivity index (χ1v) is 14.4. The average Bonchev–Trinajstić information content (AvgIpc) is 3.06. The molecule has 7 nitrogen and oxygen atoms in total. The van der Waals surface area contributed by atoms with Gasteiger partial charge in [-0.3, -0.25) is 4.90 Å². The SMILES string of the molecule is Cc1ccc2c(c1)N(c1ccc(NCC(N)C(C)C)cc1)C(=O)N(C1CCOCC1)N=C2C1CCCCC1. The van der Waals surface area contributed by atoms with Gasteiger partial charge in [-0.1, -0.05) is 45.2 Å². The van der Waals surface area contributed by atoms with E-state index in [2.05, 4.69) is 44.3 Å². The fourth-order valence-electron chi connectivity index (χ4n) is 5.76. The molecule has 1 aliphatic carbocycles. The topological polar surface area (TPSA) is 83.2 Å². The Bertz CT molecular complexity index is 1130. The van der Waals surface area contributed by atoms with E-state index in [1.165, 1.54) is 19.3 Å². The van der Waals surface area contributed by atoms with E-state index in [0.29, 0.717) is 31.6 Å². The van der Waals surface area contributed by atoms with Crippen molar-refractivity contribution in [3.8, 4) is 0 Å². The summed E-state index contributed by atoms with van der Waals surface area (Å²) in [6.07, 6.45) is 7.57. The van der Waals surface area contributed by atoms with Crippen LogP contribution in [0.5, 0.6) is 0 Å². The molecule has 0 aromatic heterocycles. The number of nitrogens with one attached hydrogen (secondary N) is 1. The molecule has 2 aromatic carbocycles. The molecule has 5 rings (SSSR count). The first-order chi connectivity index (χ1) is 18.4. The maximum Gasteiger partial charge on any atom is 0.349 e. The molecule has 2 aliphatic heterocycles. The van der Waals surface area contributed by atoms with Crippen molar-refractivity contribution in [3.63, 3.8) is 0 Å². The number of hydrogen-bond donors (Lipinski definition) is 2. The summed E-state index contributed by atoms with van der Waals surface area (Å²) in [5.41, 5.74) is 12.3. The van der Waals surface area contributed by atoms with Crippen LogP contribution in [0.25, 0.3) is 0 Å². The zero-order valence-corrected chi connectivity index (χ0v) is 23.2. The van der Waals surface area contributed by atoms with Crippen molar-refractivity contribution < 1.29 is 9.53 Å². The van der Waals surface area contributed by atoms with Crippen LogP contribution in [0.15, 0.2) is 47.6 Å². The van der Waals surface area contributed by atoms with E-state index in [1.807, 2.05) is 29.2 Å². The smallest absolute Gasteiger partial charge is 0.349 e.